The summed E-state index contributed by atoms with van der Waals surface area (Å²) in [5.41, 5.74) is 2.59. The molecule has 0 fully saturated rings. The zero-order valence-electron chi connectivity index (χ0n) is 9.31. The molecule has 83 valence electrons. The number of benzene rings is 2. The number of rotatable bonds is 1. The number of hydrogen-bond acceptors (Lipinski definition) is 1. The van der Waals surface area contributed by atoms with E-state index in [2.05, 4.69) is 11.2 Å². The number of nitrogens with zero attached hydrogens (tertiary/aromatic N) is 2. The van der Waals surface area contributed by atoms with Gasteiger partial charge in [-0.2, -0.15) is 5.10 Å². The van der Waals surface area contributed by atoms with E-state index in [1.54, 1.807) is 10.7 Å². The van der Waals surface area contributed by atoms with Crippen LogP contribution in [-0.2, 0) is 7.05 Å². The Labute approximate surface area is 98.3 Å². The van der Waals surface area contributed by atoms with Crippen LogP contribution in [0, 0.1) is 11.9 Å². The fraction of sp³-hybridized carbons (Fsp3) is 0.0714. The molecule has 1 radical (unpaired) electrons. The third-order valence-corrected chi connectivity index (χ3v) is 2.79. The summed E-state index contributed by atoms with van der Waals surface area (Å²) in [5.74, 6) is -0.249. The van der Waals surface area contributed by atoms with Crippen LogP contribution in [0.15, 0.2) is 42.5 Å². The van der Waals surface area contributed by atoms with Crippen LogP contribution in [0.1, 0.15) is 0 Å². The van der Waals surface area contributed by atoms with Gasteiger partial charge >= 0.3 is 0 Å². The molecule has 1 aromatic heterocycles. The molecule has 0 bridgehead atoms. The molecular formula is C14H10FN2. The lowest BCUT2D eigenvalue weighted by molar-refractivity contribution is 0.628. The van der Waals surface area contributed by atoms with Crippen molar-refractivity contribution in [2.75, 3.05) is 0 Å². The minimum atomic E-state index is -0.249. The van der Waals surface area contributed by atoms with Gasteiger partial charge in [-0.25, -0.2) is 4.39 Å². The van der Waals surface area contributed by atoms with Crippen LogP contribution < -0.4 is 0 Å². The van der Waals surface area contributed by atoms with Crippen LogP contribution in [0.5, 0.6) is 0 Å². The van der Waals surface area contributed by atoms with Gasteiger partial charge in [-0.15, -0.1) is 0 Å². The molecule has 2 nitrogen and oxygen atoms in total. The smallest absolute Gasteiger partial charge is 0.123 e. The Morgan fingerprint density at radius 2 is 2.18 bits per heavy atom. The fourth-order valence-electron chi connectivity index (χ4n) is 2.00. The molecule has 0 amide bonds. The monoisotopic (exact) mass is 225 g/mol. The first kappa shape index (κ1) is 10.0. The van der Waals surface area contributed by atoms with Crippen LogP contribution in [-0.4, -0.2) is 9.78 Å². The second-order valence-corrected chi connectivity index (χ2v) is 3.93. The van der Waals surface area contributed by atoms with Gasteiger partial charge in [-0.05, 0) is 30.3 Å². The van der Waals surface area contributed by atoms with Crippen molar-refractivity contribution < 1.29 is 4.39 Å². The van der Waals surface area contributed by atoms with Gasteiger partial charge in [0.25, 0.3) is 0 Å². The molecule has 0 unspecified atom stereocenters. The lowest BCUT2D eigenvalue weighted by Crippen LogP contribution is -1.89. The highest BCUT2D eigenvalue weighted by molar-refractivity contribution is 5.93. The maximum atomic E-state index is 13.2. The molecular weight excluding hydrogens is 215 g/mol. The van der Waals surface area contributed by atoms with E-state index in [1.807, 2.05) is 31.3 Å². The predicted octanol–water partition coefficient (Wildman–Crippen LogP) is 3.18. The number of fused-ring (bicyclic) bond motifs is 1. The SMILES string of the molecule is Cn1nc(-c2cccc(F)c2)c2c[c]ccc21. The first-order valence-electron chi connectivity index (χ1n) is 5.34. The summed E-state index contributed by atoms with van der Waals surface area (Å²) >= 11 is 0. The summed E-state index contributed by atoms with van der Waals surface area (Å²) in [6, 6.07) is 15.2. The molecule has 0 aliphatic carbocycles. The molecule has 0 atom stereocenters. The van der Waals surface area contributed by atoms with Crippen molar-refractivity contribution in [3.8, 4) is 11.3 Å². The second kappa shape index (κ2) is 3.70. The van der Waals surface area contributed by atoms with E-state index in [1.165, 1.54) is 12.1 Å². The van der Waals surface area contributed by atoms with Crippen LogP contribution >= 0.6 is 0 Å². The van der Waals surface area contributed by atoms with E-state index in [-0.39, 0.29) is 5.82 Å². The van der Waals surface area contributed by atoms with E-state index in [0.29, 0.717) is 0 Å². The molecule has 3 rings (SSSR count). The maximum absolute atomic E-state index is 13.2. The van der Waals surface area contributed by atoms with E-state index >= 15 is 0 Å². The average Bonchev–Trinajstić information content (AvgIpc) is 2.68. The van der Waals surface area contributed by atoms with Crippen LogP contribution in [0.2, 0.25) is 0 Å². The Kier molecular flexibility index (Phi) is 2.18. The molecule has 0 N–H and O–H groups in total. The van der Waals surface area contributed by atoms with Crippen molar-refractivity contribution >= 4 is 10.9 Å². The number of aromatic nitrogens is 2. The number of halogens is 1. The zero-order chi connectivity index (χ0) is 11.8. The van der Waals surface area contributed by atoms with Gasteiger partial charge in [-0.1, -0.05) is 18.2 Å². The lowest BCUT2D eigenvalue weighted by Gasteiger charge is -1.97. The molecule has 0 aliphatic heterocycles. The summed E-state index contributed by atoms with van der Waals surface area (Å²) < 4.78 is 15.0. The van der Waals surface area contributed by atoms with Gasteiger partial charge in [0.2, 0.25) is 0 Å². The van der Waals surface area contributed by atoms with Gasteiger partial charge in [-0.3, -0.25) is 4.68 Å². The third-order valence-electron chi connectivity index (χ3n) is 2.79. The minimum absolute atomic E-state index is 0.249. The van der Waals surface area contributed by atoms with Crippen LogP contribution in [0.3, 0.4) is 0 Å². The molecule has 0 spiro atoms. The molecule has 0 aliphatic rings. The fourth-order valence-corrected chi connectivity index (χ4v) is 2.00. The summed E-state index contributed by atoms with van der Waals surface area (Å²) in [5, 5.41) is 5.42. The minimum Gasteiger partial charge on any atom is -0.267 e. The predicted molar refractivity (Wildman–Crippen MR) is 64.9 cm³/mol. The van der Waals surface area contributed by atoms with E-state index in [0.717, 1.165) is 22.2 Å². The maximum Gasteiger partial charge on any atom is 0.123 e. The summed E-state index contributed by atoms with van der Waals surface area (Å²) in [6.45, 7) is 0. The highest BCUT2D eigenvalue weighted by Crippen LogP contribution is 2.27. The Bertz CT molecular complexity index is 686. The topological polar surface area (TPSA) is 17.8 Å². The van der Waals surface area contributed by atoms with Gasteiger partial charge in [0.1, 0.15) is 11.5 Å². The molecule has 1 heterocycles. The Hall–Kier alpha value is -2.16. The Morgan fingerprint density at radius 1 is 1.29 bits per heavy atom. The summed E-state index contributed by atoms with van der Waals surface area (Å²) in [7, 11) is 1.88. The Morgan fingerprint density at radius 3 is 3.00 bits per heavy atom. The number of hydrogen-bond donors (Lipinski definition) is 0. The van der Waals surface area contributed by atoms with Crippen molar-refractivity contribution in [3.05, 3.63) is 54.3 Å². The lowest BCUT2D eigenvalue weighted by atomic mass is 10.1. The van der Waals surface area contributed by atoms with Crippen molar-refractivity contribution in [1.82, 2.24) is 9.78 Å². The highest BCUT2D eigenvalue weighted by Gasteiger charge is 2.10. The van der Waals surface area contributed by atoms with Gasteiger partial charge < -0.3 is 0 Å². The molecule has 0 saturated heterocycles. The Balaban J connectivity index is 2.31. The third kappa shape index (κ3) is 1.60. The molecule has 3 aromatic rings. The van der Waals surface area contributed by atoms with E-state index in [9.17, 15) is 4.39 Å². The second-order valence-electron chi connectivity index (χ2n) is 3.93. The molecule has 3 heteroatoms. The van der Waals surface area contributed by atoms with Crippen molar-refractivity contribution in [1.29, 1.82) is 0 Å². The first-order chi connectivity index (χ1) is 8.25. The average molecular weight is 225 g/mol. The van der Waals surface area contributed by atoms with E-state index in [4.69, 9.17) is 0 Å². The van der Waals surface area contributed by atoms with Crippen molar-refractivity contribution in [2.45, 2.75) is 0 Å². The molecule has 0 saturated carbocycles. The van der Waals surface area contributed by atoms with Crippen molar-refractivity contribution in [3.63, 3.8) is 0 Å². The summed E-state index contributed by atoms with van der Waals surface area (Å²) in [4.78, 5) is 0. The number of aryl methyl sites for hydroxylation is 1. The molecule has 17 heavy (non-hydrogen) atoms. The van der Waals surface area contributed by atoms with E-state index < -0.39 is 0 Å². The van der Waals surface area contributed by atoms with Crippen molar-refractivity contribution in [2.24, 2.45) is 7.05 Å². The standard InChI is InChI=1S/C14H10FN2/c1-17-13-8-3-2-7-12(13)14(16-17)10-5-4-6-11(15)9-10/h3-9H,1H3. The normalized spacial score (nSPS) is 10.9. The summed E-state index contributed by atoms with van der Waals surface area (Å²) in [6.07, 6.45) is 0. The van der Waals surface area contributed by atoms with Gasteiger partial charge in [0, 0.05) is 18.0 Å². The van der Waals surface area contributed by atoms with Crippen LogP contribution in [0.4, 0.5) is 4.39 Å². The first-order valence-corrected chi connectivity index (χ1v) is 5.34. The zero-order valence-corrected chi connectivity index (χ0v) is 9.31. The largest absolute Gasteiger partial charge is 0.267 e. The quantitative estimate of drug-likeness (QED) is 0.622. The molecule has 2 aromatic carbocycles. The highest BCUT2D eigenvalue weighted by atomic mass is 19.1. The van der Waals surface area contributed by atoms with Gasteiger partial charge in [0.15, 0.2) is 0 Å². The van der Waals surface area contributed by atoms with Gasteiger partial charge in [0.05, 0.1) is 5.52 Å². The van der Waals surface area contributed by atoms with Crippen LogP contribution in [0.25, 0.3) is 22.2 Å².